The molecule has 0 aliphatic rings. The Hall–Kier alpha value is -1.94. The van der Waals surface area contributed by atoms with Crippen LogP contribution in [0.25, 0.3) is 0 Å². The number of hydrogen-bond donors (Lipinski definition) is 2. The van der Waals surface area contributed by atoms with Crippen molar-refractivity contribution in [2.45, 2.75) is 0 Å². The van der Waals surface area contributed by atoms with E-state index in [1.165, 1.54) is 6.20 Å². The minimum Gasteiger partial charge on any atom is -0.474 e. The Morgan fingerprint density at radius 2 is 2.38 bits per heavy atom. The van der Waals surface area contributed by atoms with E-state index in [2.05, 4.69) is 4.98 Å². The first kappa shape index (κ1) is 9.15. The maximum Gasteiger partial charge on any atom is 0.394 e. The highest BCUT2D eigenvalue weighted by atomic mass is 32.1. The Kier molecular flexibility index (Phi) is 2.56. The van der Waals surface area contributed by atoms with E-state index in [0.29, 0.717) is 4.88 Å². The molecule has 7 heteroatoms. The number of amides is 1. The highest BCUT2D eigenvalue weighted by molar-refractivity contribution is 7.16. The number of carbonyl (C=O) groups excluding carboxylic acids is 1. The van der Waals surface area contributed by atoms with Gasteiger partial charge in [-0.2, -0.15) is 5.26 Å². The molecule has 0 aliphatic carbocycles. The number of nitrogens with one attached hydrogen (secondary N) is 1. The number of aromatic nitrogens is 1. The van der Waals surface area contributed by atoms with Gasteiger partial charge in [-0.25, -0.2) is 9.78 Å². The Balaban J connectivity index is 2.71. The summed E-state index contributed by atoms with van der Waals surface area (Å²) in [5.74, 6) is -2.76. The lowest BCUT2D eigenvalue weighted by Crippen LogP contribution is -2.21. The number of carbonyl (C=O) groups is 2. The van der Waals surface area contributed by atoms with Crippen LogP contribution >= 0.6 is 11.3 Å². The van der Waals surface area contributed by atoms with E-state index in [0.717, 1.165) is 11.3 Å². The van der Waals surface area contributed by atoms with Crippen LogP contribution in [-0.2, 0) is 9.59 Å². The molecule has 1 rings (SSSR count). The molecule has 1 amide bonds. The van der Waals surface area contributed by atoms with Crippen LogP contribution in [-0.4, -0.2) is 22.0 Å². The zero-order valence-electron chi connectivity index (χ0n) is 6.14. The molecule has 0 spiro atoms. The van der Waals surface area contributed by atoms with Crippen LogP contribution in [0.15, 0.2) is 6.20 Å². The number of anilines is 1. The molecular weight excluding hydrogens is 194 g/mol. The van der Waals surface area contributed by atoms with Crippen molar-refractivity contribution in [1.82, 2.24) is 4.98 Å². The van der Waals surface area contributed by atoms with Gasteiger partial charge in [0.2, 0.25) is 0 Å². The van der Waals surface area contributed by atoms with Crippen molar-refractivity contribution in [3.05, 3.63) is 11.1 Å². The molecule has 0 unspecified atom stereocenters. The maximum absolute atomic E-state index is 10.6. The first-order valence-electron chi connectivity index (χ1n) is 3.03. The van der Waals surface area contributed by atoms with Crippen LogP contribution in [0.3, 0.4) is 0 Å². The summed E-state index contributed by atoms with van der Waals surface area (Å²) in [5, 5.41) is 18.7. The fourth-order valence-electron chi connectivity index (χ4n) is 0.534. The highest BCUT2D eigenvalue weighted by Crippen LogP contribution is 2.16. The minimum absolute atomic E-state index is 0.101. The standard InChI is InChI=1S/C6H3N3O3S/c7-1-3-2-8-6(13-3)9-4(10)5(11)12/h2H,(H,11,12)(H,8,9,10). The Morgan fingerprint density at radius 3 is 2.85 bits per heavy atom. The van der Waals surface area contributed by atoms with Crippen molar-refractivity contribution in [1.29, 1.82) is 5.26 Å². The van der Waals surface area contributed by atoms with Gasteiger partial charge in [-0.05, 0) is 0 Å². The van der Waals surface area contributed by atoms with Crippen LogP contribution in [0.4, 0.5) is 5.13 Å². The van der Waals surface area contributed by atoms with Gasteiger partial charge in [-0.3, -0.25) is 10.1 Å². The molecule has 0 saturated carbocycles. The van der Waals surface area contributed by atoms with Crippen molar-refractivity contribution in [2.75, 3.05) is 5.32 Å². The van der Waals surface area contributed by atoms with Gasteiger partial charge < -0.3 is 5.11 Å². The normalized spacial score (nSPS) is 8.85. The molecule has 0 bridgehead atoms. The molecule has 0 radical (unpaired) electrons. The number of rotatable bonds is 1. The van der Waals surface area contributed by atoms with Gasteiger partial charge in [0.15, 0.2) is 5.13 Å². The van der Waals surface area contributed by atoms with E-state index in [4.69, 9.17) is 10.4 Å². The largest absolute Gasteiger partial charge is 0.474 e. The fraction of sp³-hybridized carbons (Fsp3) is 0. The highest BCUT2D eigenvalue weighted by Gasteiger charge is 2.12. The first-order chi connectivity index (χ1) is 6.13. The summed E-state index contributed by atoms with van der Waals surface area (Å²) in [6.45, 7) is 0. The van der Waals surface area contributed by atoms with Gasteiger partial charge in [-0.15, -0.1) is 0 Å². The smallest absolute Gasteiger partial charge is 0.394 e. The average Bonchev–Trinajstić information content (AvgIpc) is 2.52. The molecule has 1 aromatic heterocycles. The number of carboxylic acids is 1. The number of nitrogens with zero attached hydrogens (tertiary/aromatic N) is 2. The lowest BCUT2D eigenvalue weighted by molar-refractivity contribution is -0.147. The van der Waals surface area contributed by atoms with Gasteiger partial charge in [-0.1, -0.05) is 11.3 Å². The molecule has 0 atom stereocenters. The van der Waals surface area contributed by atoms with Gasteiger partial charge in [0, 0.05) is 0 Å². The molecule has 13 heavy (non-hydrogen) atoms. The van der Waals surface area contributed by atoms with E-state index in [1.807, 2.05) is 11.4 Å². The number of nitriles is 1. The minimum atomic E-state index is -1.59. The molecule has 0 saturated heterocycles. The predicted molar refractivity (Wildman–Crippen MR) is 43.1 cm³/mol. The summed E-state index contributed by atoms with van der Waals surface area (Å²) < 4.78 is 0. The summed E-state index contributed by atoms with van der Waals surface area (Å²) in [7, 11) is 0. The topological polar surface area (TPSA) is 103 Å². The first-order valence-corrected chi connectivity index (χ1v) is 3.85. The van der Waals surface area contributed by atoms with E-state index in [-0.39, 0.29) is 5.13 Å². The van der Waals surface area contributed by atoms with Crippen LogP contribution in [0.2, 0.25) is 0 Å². The quantitative estimate of drug-likeness (QED) is 0.618. The Labute approximate surface area is 76.4 Å². The van der Waals surface area contributed by atoms with Crippen molar-refractivity contribution in [3.63, 3.8) is 0 Å². The van der Waals surface area contributed by atoms with E-state index >= 15 is 0 Å². The molecular formula is C6H3N3O3S. The molecule has 0 aliphatic heterocycles. The van der Waals surface area contributed by atoms with Gasteiger partial charge >= 0.3 is 11.9 Å². The summed E-state index contributed by atoms with van der Waals surface area (Å²) in [4.78, 5) is 24.6. The zero-order chi connectivity index (χ0) is 9.84. The van der Waals surface area contributed by atoms with Crippen LogP contribution in [0.1, 0.15) is 4.88 Å². The average molecular weight is 197 g/mol. The van der Waals surface area contributed by atoms with E-state index < -0.39 is 11.9 Å². The lowest BCUT2D eigenvalue weighted by atomic mass is 10.6. The molecule has 6 nitrogen and oxygen atoms in total. The monoisotopic (exact) mass is 197 g/mol. The van der Waals surface area contributed by atoms with Crippen LogP contribution in [0, 0.1) is 11.3 Å². The number of carboxylic acid groups (broad SMARTS) is 1. The maximum atomic E-state index is 10.6. The predicted octanol–water partition coefficient (Wildman–Crippen LogP) is 0.0379. The molecule has 2 N–H and O–H groups in total. The molecule has 0 aromatic carbocycles. The third-order valence-electron chi connectivity index (χ3n) is 1.03. The molecule has 66 valence electrons. The third kappa shape index (κ3) is 2.25. The second kappa shape index (κ2) is 3.64. The number of hydrogen-bond acceptors (Lipinski definition) is 5. The van der Waals surface area contributed by atoms with Gasteiger partial charge in [0.25, 0.3) is 0 Å². The zero-order valence-corrected chi connectivity index (χ0v) is 6.96. The van der Waals surface area contributed by atoms with E-state index in [1.54, 1.807) is 0 Å². The summed E-state index contributed by atoms with van der Waals surface area (Å²) in [6, 6.07) is 1.81. The molecule has 1 heterocycles. The van der Waals surface area contributed by atoms with Crippen molar-refractivity contribution >= 4 is 28.3 Å². The summed E-state index contributed by atoms with van der Waals surface area (Å²) >= 11 is 0.911. The van der Waals surface area contributed by atoms with Gasteiger partial charge in [0.05, 0.1) is 6.20 Å². The Morgan fingerprint density at radius 1 is 1.69 bits per heavy atom. The second-order valence-electron chi connectivity index (χ2n) is 1.90. The third-order valence-corrected chi connectivity index (χ3v) is 1.85. The Bertz CT molecular complexity index is 392. The van der Waals surface area contributed by atoms with Gasteiger partial charge in [0.1, 0.15) is 10.9 Å². The lowest BCUT2D eigenvalue weighted by Gasteiger charge is -1.93. The molecule has 1 aromatic rings. The summed E-state index contributed by atoms with van der Waals surface area (Å²) in [5.41, 5.74) is 0. The van der Waals surface area contributed by atoms with Crippen molar-refractivity contribution in [3.8, 4) is 6.07 Å². The number of aliphatic carboxylic acids is 1. The van der Waals surface area contributed by atoms with Crippen molar-refractivity contribution < 1.29 is 14.7 Å². The second-order valence-corrected chi connectivity index (χ2v) is 2.93. The van der Waals surface area contributed by atoms with Crippen LogP contribution in [0.5, 0.6) is 0 Å². The fourth-order valence-corrected chi connectivity index (χ4v) is 1.14. The van der Waals surface area contributed by atoms with Crippen LogP contribution < -0.4 is 5.32 Å². The SMILES string of the molecule is N#Cc1cnc(NC(=O)C(=O)O)s1. The number of thiazole rings is 1. The molecule has 0 fully saturated rings. The summed E-state index contributed by atoms with van der Waals surface area (Å²) in [6.07, 6.45) is 1.25. The van der Waals surface area contributed by atoms with E-state index in [9.17, 15) is 9.59 Å². The van der Waals surface area contributed by atoms with Crippen molar-refractivity contribution in [2.24, 2.45) is 0 Å².